The Bertz CT molecular complexity index is 934. The second-order valence-corrected chi connectivity index (χ2v) is 5.54. The number of aromatic nitrogens is 7. The van der Waals surface area contributed by atoms with E-state index in [1.807, 2.05) is 23.1 Å². The summed E-state index contributed by atoms with van der Waals surface area (Å²) in [5, 5.41) is 26.0. The SMILES string of the molecule is CCn1ncc(-n2c(CCn3ccc([N+](=O)[O-])n3)n[nH]c2=S)c1C. The maximum atomic E-state index is 10.7. The molecule has 3 rings (SSSR count). The summed E-state index contributed by atoms with van der Waals surface area (Å²) >= 11 is 5.33. The van der Waals surface area contributed by atoms with Crippen molar-refractivity contribution < 1.29 is 4.92 Å². The van der Waals surface area contributed by atoms with Crippen LogP contribution in [-0.4, -0.2) is 39.2 Å². The highest BCUT2D eigenvalue weighted by Gasteiger charge is 2.16. The molecule has 3 aromatic rings. The first kappa shape index (κ1) is 16.1. The van der Waals surface area contributed by atoms with Gasteiger partial charge < -0.3 is 10.1 Å². The lowest BCUT2D eigenvalue weighted by atomic mass is 10.3. The van der Waals surface area contributed by atoms with Crippen molar-refractivity contribution in [3.8, 4) is 5.69 Å². The van der Waals surface area contributed by atoms with E-state index in [2.05, 4.69) is 20.4 Å². The highest BCUT2D eigenvalue weighted by Crippen LogP contribution is 2.16. The van der Waals surface area contributed by atoms with Crippen molar-refractivity contribution >= 4 is 18.0 Å². The van der Waals surface area contributed by atoms with E-state index in [-0.39, 0.29) is 5.82 Å². The van der Waals surface area contributed by atoms with Crippen LogP contribution < -0.4 is 0 Å². The largest absolute Gasteiger partial charge is 0.389 e. The first-order valence-corrected chi connectivity index (χ1v) is 7.79. The minimum atomic E-state index is -0.519. The number of rotatable bonds is 6. The Morgan fingerprint density at radius 3 is 2.88 bits per heavy atom. The molecule has 0 atom stereocenters. The van der Waals surface area contributed by atoms with Crippen LogP contribution in [0.15, 0.2) is 18.5 Å². The Hall–Kier alpha value is -2.82. The monoisotopic (exact) mass is 348 g/mol. The van der Waals surface area contributed by atoms with Crippen molar-refractivity contribution in [2.24, 2.45) is 0 Å². The van der Waals surface area contributed by atoms with Crippen LogP contribution in [0.2, 0.25) is 0 Å². The fourth-order valence-electron chi connectivity index (χ4n) is 2.51. The van der Waals surface area contributed by atoms with Crippen LogP contribution >= 0.6 is 12.2 Å². The molecule has 3 aromatic heterocycles. The fraction of sp³-hybridized carbons (Fsp3) is 0.385. The van der Waals surface area contributed by atoms with Gasteiger partial charge in [-0.15, -0.1) is 0 Å². The van der Waals surface area contributed by atoms with Crippen molar-refractivity contribution in [2.45, 2.75) is 33.4 Å². The van der Waals surface area contributed by atoms with Crippen LogP contribution in [-0.2, 0) is 19.5 Å². The number of hydrogen-bond acceptors (Lipinski definition) is 6. The molecule has 10 nitrogen and oxygen atoms in total. The number of aryl methyl sites for hydroxylation is 3. The Morgan fingerprint density at radius 1 is 1.46 bits per heavy atom. The molecule has 0 aliphatic rings. The average Bonchev–Trinajstić information content (AvgIpc) is 3.24. The first-order valence-electron chi connectivity index (χ1n) is 7.38. The molecule has 126 valence electrons. The lowest BCUT2D eigenvalue weighted by Gasteiger charge is -2.06. The predicted octanol–water partition coefficient (Wildman–Crippen LogP) is 1.80. The molecule has 0 aliphatic carbocycles. The van der Waals surface area contributed by atoms with Gasteiger partial charge >= 0.3 is 5.82 Å². The Morgan fingerprint density at radius 2 is 2.25 bits per heavy atom. The summed E-state index contributed by atoms with van der Waals surface area (Å²) in [7, 11) is 0. The van der Waals surface area contributed by atoms with Gasteiger partial charge in [0.1, 0.15) is 5.82 Å². The van der Waals surface area contributed by atoms with E-state index in [0.717, 1.165) is 23.8 Å². The second-order valence-electron chi connectivity index (χ2n) is 5.16. The van der Waals surface area contributed by atoms with E-state index >= 15 is 0 Å². The second kappa shape index (κ2) is 6.35. The van der Waals surface area contributed by atoms with Crippen molar-refractivity contribution in [1.29, 1.82) is 0 Å². The molecule has 0 aromatic carbocycles. The van der Waals surface area contributed by atoms with Crippen LogP contribution in [0.1, 0.15) is 18.4 Å². The lowest BCUT2D eigenvalue weighted by molar-refractivity contribution is -0.389. The maximum absolute atomic E-state index is 10.7. The van der Waals surface area contributed by atoms with E-state index in [9.17, 15) is 10.1 Å². The Labute approximate surface area is 141 Å². The summed E-state index contributed by atoms with van der Waals surface area (Å²) in [6.07, 6.45) is 3.85. The molecule has 24 heavy (non-hydrogen) atoms. The average molecular weight is 348 g/mol. The third-order valence-electron chi connectivity index (χ3n) is 3.74. The minimum absolute atomic E-state index is 0.172. The minimum Gasteiger partial charge on any atom is -0.358 e. The van der Waals surface area contributed by atoms with Gasteiger partial charge in [-0.2, -0.15) is 14.9 Å². The molecule has 0 bridgehead atoms. The van der Waals surface area contributed by atoms with Crippen LogP contribution in [0.3, 0.4) is 0 Å². The van der Waals surface area contributed by atoms with Crippen LogP contribution in [0.5, 0.6) is 0 Å². The molecule has 0 saturated heterocycles. The summed E-state index contributed by atoms with van der Waals surface area (Å²) in [6, 6.07) is 1.37. The third-order valence-corrected chi connectivity index (χ3v) is 4.01. The molecule has 3 heterocycles. The van der Waals surface area contributed by atoms with Gasteiger partial charge in [-0.1, -0.05) is 0 Å². The number of nitro groups is 1. The van der Waals surface area contributed by atoms with Gasteiger partial charge in [0, 0.05) is 13.0 Å². The molecule has 0 fully saturated rings. The highest BCUT2D eigenvalue weighted by atomic mass is 32.1. The summed E-state index contributed by atoms with van der Waals surface area (Å²) in [4.78, 5) is 10.2. The Balaban J connectivity index is 1.85. The zero-order valence-electron chi connectivity index (χ0n) is 13.2. The zero-order valence-corrected chi connectivity index (χ0v) is 14.0. The summed E-state index contributed by atoms with van der Waals surface area (Å²) in [5.41, 5.74) is 1.86. The highest BCUT2D eigenvalue weighted by molar-refractivity contribution is 7.71. The smallest absolute Gasteiger partial charge is 0.358 e. The van der Waals surface area contributed by atoms with E-state index in [1.165, 1.54) is 10.7 Å². The van der Waals surface area contributed by atoms with Gasteiger partial charge in [0.25, 0.3) is 0 Å². The number of hydrogen-bond donors (Lipinski definition) is 1. The first-order chi connectivity index (χ1) is 11.5. The molecule has 0 aliphatic heterocycles. The molecule has 11 heteroatoms. The number of nitrogens with zero attached hydrogens (tertiary/aromatic N) is 7. The molecular weight excluding hydrogens is 332 g/mol. The summed E-state index contributed by atoms with van der Waals surface area (Å²) < 4.78 is 5.71. The van der Waals surface area contributed by atoms with E-state index < -0.39 is 4.92 Å². The summed E-state index contributed by atoms with van der Waals surface area (Å²) in [6.45, 7) is 5.21. The van der Waals surface area contributed by atoms with E-state index in [0.29, 0.717) is 17.7 Å². The van der Waals surface area contributed by atoms with Gasteiger partial charge in [-0.3, -0.25) is 14.3 Å². The van der Waals surface area contributed by atoms with E-state index in [4.69, 9.17) is 12.2 Å². The lowest BCUT2D eigenvalue weighted by Crippen LogP contribution is -2.09. The van der Waals surface area contributed by atoms with Gasteiger partial charge in [-0.05, 0) is 31.0 Å². The van der Waals surface area contributed by atoms with E-state index in [1.54, 1.807) is 12.4 Å². The number of aromatic amines is 1. The summed E-state index contributed by atoms with van der Waals surface area (Å²) in [5.74, 6) is 0.547. The molecule has 0 unspecified atom stereocenters. The predicted molar refractivity (Wildman–Crippen MR) is 87.5 cm³/mol. The van der Waals surface area contributed by atoms with Gasteiger partial charge in [0.15, 0.2) is 4.77 Å². The fourth-order valence-corrected chi connectivity index (χ4v) is 2.76. The van der Waals surface area contributed by atoms with Gasteiger partial charge in [0.05, 0.1) is 41.5 Å². The standard InChI is InChI=1S/C13H16N8O2S/c1-3-19-9(2)10(8-14-19)20-11(15-16-13(20)24)4-6-18-7-5-12(17-18)21(22)23/h5,7-8H,3-4,6H2,1-2H3,(H,16,24). The normalized spacial score (nSPS) is 11.1. The quantitative estimate of drug-likeness (QED) is 0.413. The van der Waals surface area contributed by atoms with Crippen molar-refractivity contribution in [1.82, 2.24) is 34.3 Å². The van der Waals surface area contributed by atoms with Crippen molar-refractivity contribution in [2.75, 3.05) is 0 Å². The molecule has 0 saturated carbocycles. The molecule has 0 amide bonds. The molecule has 0 spiro atoms. The van der Waals surface area contributed by atoms with Crippen molar-refractivity contribution in [3.05, 3.63) is 44.9 Å². The van der Waals surface area contributed by atoms with Crippen molar-refractivity contribution in [3.63, 3.8) is 0 Å². The van der Waals surface area contributed by atoms with Gasteiger partial charge in [-0.25, -0.2) is 0 Å². The molecule has 0 radical (unpaired) electrons. The van der Waals surface area contributed by atoms with Gasteiger partial charge in [0.2, 0.25) is 0 Å². The third kappa shape index (κ3) is 2.85. The number of nitrogens with one attached hydrogen (secondary N) is 1. The zero-order chi connectivity index (χ0) is 17.3. The molecular formula is C13H16N8O2S. The Kier molecular flexibility index (Phi) is 4.25. The van der Waals surface area contributed by atoms with Crippen LogP contribution in [0, 0.1) is 21.8 Å². The topological polar surface area (TPSA) is 112 Å². The van der Waals surface area contributed by atoms with Crippen LogP contribution in [0.4, 0.5) is 5.82 Å². The van der Waals surface area contributed by atoms with Crippen LogP contribution in [0.25, 0.3) is 5.69 Å². The number of H-pyrrole nitrogens is 1. The maximum Gasteiger partial charge on any atom is 0.389 e. The molecule has 1 N–H and O–H groups in total.